The Kier molecular flexibility index (Phi) is 2.09. The number of sulfonamides is 1. The molecule has 0 spiro atoms. The molecule has 1 aromatic carbocycles. The fourth-order valence-corrected chi connectivity index (χ4v) is 2.29. The van der Waals surface area contributed by atoms with Crippen molar-refractivity contribution in [2.75, 3.05) is 0 Å². The minimum Gasteiger partial charge on any atom is -0.360 e. The van der Waals surface area contributed by atoms with Gasteiger partial charge in [-0.1, -0.05) is 6.07 Å². The number of aldehydes is 1. The lowest BCUT2D eigenvalue weighted by molar-refractivity contribution is 0.112. The monoisotopic (exact) mass is 224 g/mol. The van der Waals surface area contributed by atoms with Gasteiger partial charge in [0.15, 0.2) is 6.29 Å². The highest BCUT2D eigenvalue weighted by Crippen LogP contribution is 2.24. The Morgan fingerprint density at radius 3 is 2.67 bits per heavy atom. The molecule has 0 aliphatic heterocycles. The topological polar surface area (TPSA) is 93.0 Å². The van der Waals surface area contributed by atoms with Crippen LogP contribution in [0.3, 0.4) is 0 Å². The van der Waals surface area contributed by atoms with Gasteiger partial charge < -0.3 is 4.98 Å². The van der Waals surface area contributed by atoms with Gasteiger partial charge in [0.1, 0.15) is 0 Å². The Hall–Kier alpha value is -1.66. The first-order valence-corrected chi connectivity index (χ1v) is 5.67. The molecule has 0 radical (unpaired) electrons. The molecule has 1 aromatic heterocycles. The van der Waals surface area contributed by atoms with Crippen LogP contribution in [0, 0.1) is 0 Å². The number of rotatable bonds is 2. The van der Waals surface area contributed by atoms with Gasteiger partial charge in [0.2, 0.25) is 10.0 Å². The van der Waals surface area contributed by atoms with Gasteiger partial charge in [-0.25, -0.2) is 13.6 Å². The molecule has 0 amide bonds. The molecule has 0 saturated carbocycles. The number of aromatic nitrogens is 1. The number of hydrogen-bond acceptors (Lipinski definition) is 3. The second-order valence-electron chi connectivity index (χ2n) is 3.09. The number of carbonyl (C=O) groups excluding carboxylic acids is 1. The van der Waals surface area contributed by atoms with Gasteiger partial charge in [0.25, 0.3) is 0 Å². The fraction of sp³-hybridized carbons (Fsp3) is 0. The maximum Gasteiger partial charge on any atom is 0.238 e. The van der Waals surface area contributed by atoms with E-state index in [-0.39, 0.29) is 10.5 Å². The van der Waals surface area contributed by atoms with Crippen molar-refractivity contribution in [3.05, 3.63) is 30.0 Å². The molecule has 78 valence electrons. The van der Waals surface area contributed by atoms with E-state index in [1.54, 1.807) is 12.1 Å². The fourth-order valence-electron chi connectivity index (χ4n) is 1.51. The number of primary sulfonamides is 1. The first-order valence-electron chi connectivity index (χ1n) is 4.12. The number of benzene rings is 1. The van der Waals surface area contributed by atoms with Crippen LogP contribution in [0.2, 0.25) is 0 Å². The van der Waals surface area contributed by atoms with Gasteiger partial charge in [0.05, 0.1) is 4.90 Å². The Morgan fingerprint density at radius 2 is 2.07 bits per heavy atom. The van der Waals surface area contributed by atoms with Gasteiger partial charge in [-0.15, -0.1) is 0 Å². The smallest absolute Gasteiger partial charge is 0.238 e. The molecule has 0 aliphatic rings. The highest BCUT2D eigenvalue weighted by Gasteiger charge is 2.15. The molecule has 0 bridgehead atoms. The highest BCUT2D eigenvalue weighted by atomic mass is 32.2. The van der Waals surface area contributed by atoms with E-state index in [9.17, 15) is 13.2 Å². The van der Waals surface area contributed by atoms with E-state index in [2.05, 4.69) is 4.98 Å². The lowest BCUT2D eigenvalue weighted by Gasteiger charge is -2.00. The maximum absolute atomic E-state index is 11.3. The van der Waals surface area contributed by atoms with Crippen LogP contribution in [-0.2, 0) is 10.0 Å². The Bertz CT molecular complexity index is 628. The molecule has 6 heteroatoms. The molecule has 0 fully saturated rings. The summed E-state index contributed by atoms with van der Waals surface area (Å²) in [5, 5.41) is 5.39. The molecule has 3 N–H and O–H groups in total. The predicted octanol–water partition coefficient (Wildman–Crippen LogP) is 0.628. The third kappa shape index (κ3) is 1.53. The van der Waals surface area contributed by atoms with Gasteiger partial charge >= 0.3 is 0 Å². The van der Waals surface area contributed by atoms with Crippen LogP contribution in [-0.4, -0.2) is 19.7 Å². The maximum atomic E-state index is 11.3. The summed E-state index contributed by atoms with van der Waals surface area (Å²) in [5.41, 5.74) is 0.859. The van der Waals surface area contributed by atoms with Crippen molar-refractivity contribution in [2.45, 2.75) is 4.90 Å². The average molecular weight is 224 g/mol. The number of H-pyrrole nitrogens is 1. The summed E-state index contributed by atoms with van der Waals surface area (Å²) in [6.07, 6.45) is 2.04. The first-order chi connectivity index (χ1) is 7.04. The van der Waals surface area contributed by atoms with E-state index in [0.717, 1.165) is 0 Å². The lowest BCUT2D eigenvalue weighted by atomic mass is 10.2. The van der Waals surface area contributed by atoms with Crippen molar-refractivity contribution in [3.63, 3.8) is 0 Å². The second kappa shape index (κ2) is 3.18. The number of nitrogens with two attached hydrogens (primary N) is 1. The molecule has 0 aliphatic carbocycles. The van der Waals surface area contributed by atoms with Crippen LogP contribution in [0.1, 0.15) is 10.4 Å². The van der Waals surface area contributed by atoms with Crippen molar-refractivity contribution in [1.82, 2.24) is 4.98 Å². The van der Waals surface area contributed by atoms with E-state index in [1.807, 2.05) is 0 Å². The third-order valence-corrected chi connectivity index (χ3v) is 3.08. The van der Waals surface area contributed by atoms with E-state index < -0.39 is 10.0 Å². The van der Waals surface area contributed by atoms with Gasteiger partial charge in [-0.05, 0) is 12.1 Å². The molecule has 0 atom stereocenters. The molecule has 0 saturated heterocycles. The number of fused-ring (bicyclic) bond motifs is 1. The summed E-state index contributed by atoms with van der Waals surface area (Å²) >= 11 is 0. The van der Waals surface area contributed by atoms with Gasteiger partial charge in [-0.2, -0.15) is 0 Å². The summed E-state index contributed by atoms with van der Waals surface area (Å²) in [6, 6.07) is 4.61. The molecule has 0 unspecified atom stereocenters. The van der Waals surface area contributed by atoms with Crippen molar-refractivity contribution in [3.8, 4) is 0 Å². The van der Waals surface area contributed by atoms with E-state index >= 15 is 0 Å². The first kappa shape index (κ1) is 9.88. The largest absolute Gasteiger partial charge is 0.360 e. The Balaban J connectivity index is 2.97. The van der Waals surface area contributed by atoms with E-state index in [1.165, 1.54) is 12.3 Å². The standard InChI is InChI=1S/C9H8N2O3S/c10-15(13,14)8-3-1-2-7-9(8)6(5-12)4-11-7/h1-5,11H,(H2,10,13,14). The quantitative estimate of drug-likeness (QED) is 0.732. The van der Waals surface area contributed by atoms with Crippen molar-refractivity contribution in [2.24, 2.45) is 5.14 Å². The Morgan fingerprint density at radius 1 is 1.33 bits per heavy atom. The zero-order valence-electron chi connectivity index (χ0n) is 7.60. The number of nitrogens with one attached hydrogen (secondary N) is 1. The molecule has 15 heavy (non-hydrogen) atoms. The zero-order valence-corrected chi connectivity index (χ0v) is 8.41. The van der Waals surface area contributed by atoms with Crippen LogP contribution < -0.4 is 5.14 Å². The molecular weight excluding hydrogens is 216 g/mol. The number of carbonyl (C=O) groups is 1. The summed E-state index contributed by atoms with van der Waals surface area (Å²) in [4.78, 5) is 13.5. The minimum atomic E-state index is -3.81. The highest BCUT2D eigenvalue weighted by molar-refractivity contribution is 7.89. The Labute approximate surface area is 85.9 Å². The second-order valence-corrected chi connectivity index (χ2v) is 4.62. The van der Waals surface area contributed by atoms with E-state index in [4.69, 9.17) is 5.14 Å². The SMILES string of the molecule is NS(=O)(=O)c1cccc2[nH]cc(C=O)c12. The lowest BCUT2D eigenvalue weighted by Crippen LogP contribution is -2.12. The van der Waals surface area contributed by atoms with Gasteiger partial charge in [0, 0.05) is 22.7 Å². The number of hydrogen-bond donors (Lipinski definition) is 2. The van der Waals surface area contributed by atoms with Crippen LogP contribution in [0.4, 0.5) is 0 Å². The minimum absolute atomic E-state index is 0.0386. The predicted molar refractivity (Wildman–Crippen MR) is 55.1 cm³/mol. The van der Waals surface area contributed by atoms with Crippen molar-refractivity contribution < 1.29 is 13.2 Å². The summed E-state index contributed by atoms with van der Waals surface area (Å²) in [7, 11) is -3.81. The normalized spacial score (nSPS) is 11.8. The summed E-state index contributed by atoms with van der Waals surface area (Å²) in [5.74, 6) is 0. The number of aromatic amines is 1. The molecule has 5 nitrogen and oxygen atoms in total. The molecule has 2 rings (SSSR count). The third-order valence-electron chi connectivity index (χ3n) is 2.13. The van der Waals surface area contributed by atoms with Crippen molar-refractivity contribution in [1.29, 1.82) is 0 Å². The van der Waals surface area contributed by atoms with Crippen molar-refractivity contribution >= 4 is 27.2 Å². The molecule has 1 heterocycles. The van der Waals surface area contributed by atoms with Crippen LogP contribution in [0.25, 0.3) is 10.9 Å². The summed E-state index contributed by atoms with van der Waals surface area (Å²) in [6.45, 7) is 0. The molecule has 2 aromatic rings. The average Bonchev–Trinajstić information content (AvgIpc) is 2.58. The summed E-state index contributed by atoms with van der Waals surface area (Å²) < 4.78 is 22.5. The van der Waals surface area contributed by atoms with Crippen LogP contribution in [0.5, 0.6) is 0 Å². The van der Waals surface area contributed by atoms with E-state index in [0.29, 0.717) is 17.2 Å². The van der Waals surface area contributed by atoms with Crippen LogP contribution >= 0.6 is 0 Å². The molecular formula is C9H8N2O3S. The zero-order chi connectivity index (χ0) is 11.1. The van der Waals surface area contributed by atoms with Gasteiger partial charge in [-0.3, -0.25) is 4.79 Å². The van der Waals surface area contributed by atoms with Crippen LogP contribution in [0.15, 0.2) is 29.3 Å².